The van der Waals surface area contributed by atoms with E-state index in [1.165, 1.54) is 6.92 Å². The van der Waals surface area contributed by atoms with Gasteiger partial charge >= 0.3 is 0 Å². The Kier molecular flexibility index (Phi) is 4.86. The first-order valence-electron chi connectivity index (χ1n) is 7.66. The first-order chi connectivity index (χ1) is 10.3. The average molecular weight is 304 g/mol. The number of carbonyl (C=O) groups is 2. The zero-order chi connectivity index (χ0) is 16.3. The number of nitrogens with zero attached hydrogens (tertiary/aromatic N) is 2. The molecule has 1 N–H and O–H groups in total. The number of hydrogen-bond donors (Lipinski definition) is 1. The van der Waals surface area contributed by atoms with Crippen LogP contribution in [0.5, 0.6) is 0 Å². The second kappa shape index (κ2) is 6.48. The molecule has 1 aliphatic heterocycles. The quantitative estimate of drug-likeness (QED) is 0.907. The molecule has 1 aromatic rings. The van der Waals surface area contributed by atoms with Crippen LogP contribution in [0.4, 0.5) is 0 Å². The maximum absolute atomic E-state index is 12.8. The van der Waals surface area contributed by atoms with Gasteiger partial charge in [0.15, 0.2) is 0 Å². The van der Waals surface area contributed by atoms with Gasteiger partial charge in [0, 0.05) is 26.2 Å². The van der Waals surface area contributed by atoms with Gasteiger partial charge in [0.25, 0.3) is 5.91 Å². The number of amides is 2. The molecule has 0 spiro atoms. The van der Waals surface area contributed by atoms with Crippen molar-refractivity contribution < 1.29 is 14.7 Å². The maximum Gasteiger partial charge on any atom is 0.251 e. The van der Waals surface area contributed by atoms with Crippen LogP contribution in [0.2, 0.25) is 0 Å². The summed E-state index contributed by atoms with van der Waals surface area (Å²) in [6.45, 7) is 7.29. The minimum absolute atomic E-state index is 0.0721. The minimum atomic E-state index is -0.983. The number of aliphatic hydroxyl groups is 1. The molecule has 1 aromatic carbocycles. The Morgan fingerprint density at radius 2 is 1.55 bits per heavy atom. The van der Waals surface area contributed by atoms with Crippen LogP contribution in [0.25, 0.3) is 0 Å². The summed E-state index contributed by atoms with van der Waals surface area (Å²) in [4.78, 5) is 28.0. The smallest absolute Gasteiger partial charge is 0.251 e. The molecular weight excluding hydrogens is 280 g/mol. The van der Waals surface area contributed by atoms with Gasteiger partial charge in [-0.05, 0) is 26.3 Å². The molecule has 0 radical (unpaired) electrons. The molecule has 1 saturated heterocycles. The van der Waals surface area contributed by atoms with Crippen LogP contribution in [-0.4, -0.2) is 59.0 Å². The topological polar surface area (TPSA) is 60.9 Å². The molecule has 0 bridgehead atoms. The molecule has 0 aliphatic carbocycles. The summed E-state index contributed by atoms with van der Waals surface area (Å²) in [7, 11) is 0. The maximum atomic E-state index is 12.8. The van der Waals surface area contributed by atoms with E-state index in [2.05, 4.69) is 0 Å². The summed E-state index contributed by atoms with van der Waals surface area (Å²) in [6, 6.07) is 9.73. The number of carbonyl (C=O) groups excluding carboxylic acids is 2. The molecule has 2 amide bonds. The molecule has 22 heavy (non-hydrogen) atoms. The van der Waals surface area contributed by atoms with Crippen molar-refractivity contribution in [3.05, 3.63) is 35.9 Å². The van der Waals surface area contributed by atoms with E-state index in [0.29, 0.717) is 26.2 Å². The van der Waals surface area contributed by atoms with Crippen molar-refractivity contribution in [2.45, 2.75) is 32.3 Å². The van der Waals surface area contributed by atoms with Crippen LogP contribution in [0.1, 0.15) is 26.3 Å². The van der Waals surface area contributed by atoms with E-state index in [1.807, 2.05) is 44.2 Å². The van der Waals surface area contributed by atoms with Gasteiger partial charge < -0.3 is 14.9 Å². The van der Waals surface area contributed by atoms with Gasteiger partial charge in [0.2, 0.25) is 5.91 Å². The SMILES string of the molecule is CC(O)C(=O)N1CCN(C(=O)C(C)(C)c2ccccc2)CC1. The Hall–Kier alpha value is -1.88. The second-order valence-electron chi connectivity index (χ2n) is 6.28. The van der Waals surface area contributed by atoms with Crippen LogP contribution in [0.15, 0.2) is 30.3 Å². The molecule has 0 aromatic heterocycles. The standard InChI is InChI=1S/C17H24N2O3/c1-13(20)15(21)18-9-11-19(12-10-18)16(22)17(2,3)14-7-5-4-6-8-14/h4-8,13,20H,9-12H2,1-3H3. The molecule has 1 heterocycles. The summed E-state index contributed by atoms with van der Waals surface area (Å²) in [5, 5.41) is 9.35. The Bertz CT molecular complexity index is 532. The highest BCUT2D eigenvalue weighted by Crippen LogP contribution is 2.26. The first kappa shape index (κ1) is 16.5. The Morgan fingerprint density at radius 3 is 2.05 bits per heavy atom. The van der Waals surface area contributed by atoms with E-state index in [4.69, 9.17) is 0 Å². The fraction of sp³-hybridized carbons (Fsp3) is 0.529. The highest BCUT2D eigenvalue weighted by Gasteiger charge is 2.35. The molecule has 1 aliphatic rings. The third-order valence-corrected chi connectivity index (χ3v) is 4.27. The van der Waals surface area contributed by atoms with E-state index < -0.39 is 11.5 Å². The lowest BCUT2D eigenvalue weighted by atomic mass is 9.83. The summed E-state index contributed by atoms with van der Waals surface area (Å²) in [5.74, 6) is -0.197. The summed E-state index contributed by atoms with van der Waals surface area (Å²) < 4.78 is 0. The summed E-state index contributed by atoms with van der Waals surface area (Å²) >= 11 is 0. The Morgan fingerprint density at radius 1 is 1.05 bits per heavy atom. The van der Waals surface area contributed by atoms with Crippen LogP contribution >= 0.6 is 0 Å². The number of aliphatic hydroxyl groups excluding tert-OH is 1. The molecule has 1 fully saturated rings. The minimum Gasteiger partial charge on any atom is -0.384 e. The van der Waals surface area contributed by atoms with E-state index in [0.717, 1.165) is 5.56 Å². The van der Waals surface area contributed by atoms with E-state index in [-0.39, 0.29) is 11.8 Å². The lowest BCUT2D eigenvalue weighted by molar-refractivity contribution is -0.146. The monoisotopic (exact) mass is 304 g/mol. The normalized spacial score (nSPS) is 17.3. The van der Waals surface area contributed by atoms with Gasteiger partial charge in [0.1, 0.15) is 6.10 Å². The Labute approximate surface area is 131 Å². The van der Waals surface area contributed by atoms with Gasteiger partial charge in [0.05, 0.1) is 5.41 Å². The Balaban J connectivity index is 2.02. The van der Waals surface area contributed by atoms with Crippen molar-refractivity contribution in [1.29, 1.82) is 0 Å². The number of hydrogen-bond acceptors (Lipinski definition) is 3. The van der Waals surface area contributed by atoms with Crippen LogP contribution in [-0.2, 0) is 15.0 Å². The number of benzene rings is 1. The van der Waals surface area contributed by atoms with Crippen molar-refractivity contribution in [3.8, 4) is 0 Å². The van der Waals surface area contributed by atoms with Gasteiger partial charge in [-0.25, -0.2) is 0 Å². The van der Waals surface area contributed by atoms with Crippen molar-refractivity contribution in [3.63, 3.8) is 0 Å². The second-order valence-corrected chi connectivity index (χ2v) is 6.28. The largest absolute Gasteiger partial charge is 0.384 e. The summed E-state index contributed by atoms with van der Waals surface area (Å²) in [5.41, 5.74) is 0.403. The van der Waals surface area contributed by atoms with Crippen molar-refractivity contribution in [1.82, 2.24) is 9.80 Å². The molecule has 1 atom stereocenters. The molecule has 5 nitrogen and oxygen atoms in total. The van der Waals surface area contributed by atoms with Crippen LogP contribution in [0, 0.1) is 0 Å². The van der Waals surface area contributed by atoms with Gasteiger partial charge in [-0.15, -0.1) is 0 Å². The van der Waals surface area contributed by atoms with Crippen LogP contribution < -0.4 is 0 Å². The first-order valence-corrected chi connectivity index (χ1v) is 7.66. The van der Waals surface area contributed by atoms with Crippen LogP contribution in [0.3, 0.4) is 0 Å². The fourth-order valence-corrected chi connectivity index (χ4v) is 2.77. The molecule has 0 saturated carbocycles. The van der Waals surface area contributed by atoms with E-state index in [9.17, 15) is 14.7 Å². The summed E-state index contributed by atoms with van der Waals surface area (Å²) in [6.07, 6.45) is -0.983. The van der Waals surface area contributed by atoms with Crippen molar-refractivity contribution >= 4 is 11.8 Å². The lowest BCUT2D eigenvalue weighted by Crippen LogP contribution is -2.55. The highest BCUT2D eigenvalue weighted by atomic mass is 16.3. The molecular formula is C17H24N2O3. The molecule has 120 valence electrons. The van der Waals surface area contributed by atoms with E-state index in [1.54, 1.807) is 9.80 Å². The third-order valence-electron chi connectivity index (χ3n) is 4.27. The zero-order valence-electron chi connectivity index (χ0n) is 13.5. The molecule has 1 unspecified atom stereocenters. The van der Waals surface area contributed by atoms with E-state index >= 15 is 0 Å². The zero-order valence-corrected chi connectivity index (χ0v) is 13.5. The van der Waals surface area contributed by atoms with Crippen molar-refractivity contribution in [2.75, 3.05) is 26.2 Å². The van der Waals surface area contributed by atoms with Gasteiger partial charge in [-0.1, -0.05) is 30.3 Å². The fourth-order valence-electron chi connectivity index (χ4n) is 2.77. The number of rotatable bonds is 3. The highest BCUT2D eigenvalue weighted by molar-refractivity contribution is 5.88. The van der Waals surface area contributed by atoms with Crippen molar-refractivity contribution in [2.24, 2.45) is 0 Å². The molecule has 2 rings (SSSR count). The van der Waals surface area contributed by atoms with Gasteiger partial charge in [-0.3, -0.25) is 9.59 Å². The molecule has 5 heteroatoms. The lowest BCUT2D eigenvalue weighted by Gasteiger charge is -2.39. The number of piperazine rings is 1. The predicted molar refractivity (Wildman–Crippen MR) is 84.3 cm³/mol. The predicted octanol–water partition coefficient (Wildman–Crippen LogP) is 1.02. The average Bonchev–Trinajstić information content (AvgIpc) is 2.54. The van der Waals surface area contributed by atoms with Gasteiger partial charge in [-0.2, -0.15) is 0 Å². The third kappa shape index (κ3) is 3.30.